The maximum Gasteiger partial charge on any atom is 0.224 e. The first kappa shape index (κ1) is 21.6. The molecule has 2 nitrogen and oxygen atoms in total. The third-order valence-corrected chi connectivity index (χ3v) is 8.24. The minimum absolute atomic E-state index is 0.243. The summed E-state index contributed by atoms with van der Waals surface area (Å²) in [6.45, 7) is 13.8. The van der Waals surface area contributed by atoms with E-state index in [2.05, 4.69) is 118 Å². The fraction of sp³-hybridized carbons (Fsp3) is 0.265. The van der Waals surface area contributed by atoms with E-state index in [1.54, 1.807) is 0 Å². The minimum atomic E-state index is 0.243. The van der Waals surface area contributed by atoms with Gasteiger partial charge in [0, 0.05) is 16.8 Å². The summed E-state index contributed by atoms with van der Waals surface area (Å²) in [6.07, 6.45) is 3.29. The van der Waals surface area contributed by atoms with Crippen molar-refractivity contribution < 1.29 is 4.57 Å². The second-order valence-electron chi connectivity index (χ2n) is 12.1. The van der Waals surface area contributed by atoms with Gasteiger partial charge >= 0.3 is 0 Å². The Labute approximate surface area is 212 Å². The van der Waals surface area contributed by atoms with Gasteiger partial charge in [0.05, 0.1) is 27.3 Å². The number of benzene rings is 4. The predicted molar refractivity (Wildman–Crippen MR) is 155 cm³/mol. The maximum atomic E-state index is 2.60. The number of hydrogen-bond donors (Lipinski definition) is 0. The summed E-state index contributed by atoms with van der Waals surface area (Å²) in [7, 11) is 2.20. The summed E-state index contributed by atoms with van der Waals surface area (Å²) >= 11 is 0. The van der Waals surface area contributed by atoms with Gasteiger partial charge in [-0.15, -0.1) is 0 Å². The summed E-state index contributed by atoms with van der Waals surface area (Å²) < 4.78 is 4.94. The molecule has 0 aliphatic heterocycles. The Hall–Kier alpha value is -3.65. The van der Waals surface area contributed by atoms with Crippen LogP contribution in [0.4, 0.5) is 0 Å². The predicted octanol–water partition coefficient (Wildman–Crippen LogP) is 8.48. The molecule has 0 N–H and O–H groups in total. The SMILES string of the molecule is Cc1ccc2c(C)c3c(c(C)c2c1)n1c2cc(CC(C)(C)C)ccc2c2ccc4cc[n+](C)c3c4c21. The summed E-state index contributed by atoms with van der Waals surface area (Å²) in [5.41, 5.74) is 11.0. The van der Waals surface area contributed by atoms with Crippen molar-refractivity contribution in [2.75, 3.05) is 0 Å². The molecule has 0 spiro atoms. The van der Waals surface area contributed by atoms with Gasteiger partial charge in [-0.2, -0.15) is 0 Å². The van der Waals surface area contributed by atoms with Crippen molar-refractivity contribution in [1.82, 2.24) is 4.40 Å². The number of nitrogens with zero attached hydrogens (tertiary/aromatic N) is 2. The van der Waals surface area contributed by atoms with Crippen LogP contribution in [0.5, 0.6) is 0 Å². The van der Waals surface area contributed by atoms with E-state index in [1.165, 1.54) is 82.0 Å². The molecule has 7 aromatic rings. The van der Waals surface area contributed by atoms with Gasteiger partial charge in [-0.25, -0.2) is 4.57 Å². The first-order chi connectivity index (χ1) is 17.1. The highest BCUT2D eigenvalue weighted by atomic mass is 15.0. The fourth-order valence-corrected chi connectivity index (χ4v) is 6.75. The van der Waals surface area contributed by atoms with Gasteiger partial charge in [-0.1, -0.05) is 68.8 Å². The van der Waals surface area contributed by atoms with Crippen LogP contribution in [0.2, 0.25) is 0 Å². The number of hydrogen-bond acceptors (Lipinski definition) is 0. The normalized spacial score (nSPS) is 13.0. The van der Waals surface area contributed by atoms with Crippen molar-refractivity contribution in [3.8, 4) is 0 Å². The molecule has 36 heavy (non-hydrogen) atoms. The number of rotatable bonds is 1. The molecule has 0 radical (unpaired) electrons. The quantitative estimate of drug-likeness (QED) is 0.129. The first-order valence-corrected chi connectivity index (χ1v) is 13.1. The molecule has 0 aliphatic rings. The molecule has 0 atom stereocenters. The van der Waals surface area contributed by atoms with Crippen molar-refractivity contribution in [3.63, 3.8) is 0 Å². The topological polar surface area (TPSA) is 8.29 Å². The van der Waals surface area contributed by atoms with Gasteiger partial charge in [-0.3, -0.25) is 0 Å². The van der Waals surface area contributed by atoms with Gasteiger partial charge in [0.15, 0.2) is 6.20 Å². The number of pyridine rings is 2. The Morgan fingerprint density at radius 1 is 0.722 bits per heavy atom. The molecule has 0 bridgehead atoms. The van der Waals surface area contributed by atoms with Crippen molar-refractivity contribution in [2.24, 2.45) is 12.5 Å². The van der Waals surface area contributed by atoms with Crippen molar-refractivity contribution in [1.29, 1.82) is 0 Å². The van der Waals surface area contributed by atoms with Crippen LogP contribution in [-0.2, 0) is 13.5 Å². The molecule has 0 fully saturated rings. The van der Waals surface area contributed by atoms with Crippen molar-refractivity contribution in [2.45, 2.75) is 48.0 Å². The second kappa shape index (κ2) is 6.97. The molecular weight excluding hydrogens is 436 g/mol. The van der Waals surface area contributed by atoms with E-state index in [0.29, 0.717) is 0 Å². The lowest BCUT2D eigenvalue weighted by molar-refractivity contribution is -0.643. The first-order valence-electron chi connectivity index (χ1n) is 13.1. The Kier molecular flexibility index (Phi) is 4.19. The summed E-state index contributed by atoms with van der Waals surface area (Å²) in [5, 5.41) is 9.45. The van der Waals surface area contributed by atoms with E-state index in [4.69, 9.17) is 0 Å². The van der Waals surface area contributed by atoms with Crippen LogP contribution in [0.25, 0.3) is 59.8 Å². The zero-order chi connectivity index (χ0) is 25.1. The zero-order valence-electron chi connectivity index (χ0n) is 22.4. The van der Waals surface area contributed by atoms with Gasteiger partial charge < -0.3 is 4.40 Å². The van der Waals surface area contributed by atoms with Crippen LogP contribution in [0, 0.1) is 26.2 Å². The number of fused-ring (bicyclic) bond motifs is 7. The molecule has 0 amide bonds. The molecule has 0 saturated heterocycles. The Morgan fingerprint density at radius 3 is 2.25 bits per heavy atom. The van der Waals surface area contributed by atoms with Gasteiger partial charge in [-0.05, 0) is 71.5 Å². The summed E-state index contributed by atoms with van der Waals surface area (Å²) in [4.78, 5) is 0. The molecule has 0 saturated carbocycles. The molecular formula is C34H33N2+. The molecule has 178 valence electrons. The summed E-state index contributed by atoms with van der Waals surface area (Å²) in [5.74, 6) is 0. The zero-order valence-corrected chi connectivity index (χ0v) is 22.4. The van der Waals surface area contributed by atoms with E-state index < -0.39 is 0 Å². The third-order valence-electron chi connectivity index (χ3n) is 8.24. The second-order valence-corrected chi connectivity index (χ2v) is 12.1. The van der Waals surface area contributed by atoms with Crippen molar-refractivity contribution in [3.05, 3.63) is 83.0 Å². The highest BCUT2D eigenvalue weighted by molar-refractivity contribution is 6.28. The van der Waals surface area contributed by atoms with Gasteiger partial charge in [0.2, 0.25) is 5.52 Å². The smallest absolute Gasteiger partial charge is 0.224 e. The fourth-order valence-electron chi connectivity index (χ4n) is 6.75. The Balaban J connectivity index is 1.85. The van der Waals surface area contributed by atoms with Gasteiger partial charge in [0.25, 0.3) is 0 Å². The Morgan fingerprint density at radius 2 is 1.47 bits per heavy atom. The lowest BCUT2D eigenvalue weighted by Crippen LogP contribution is -2.29. The largest absolute Gasteiger partial charge is 0.307 e. The highest BCUT2D eigenvalue weighted by Gasteiger charge is 2.26. The highest BCUT2D eigenvalue weighted by Crippen LogP contribution is 2.44. The Bertz CT molecular complexity index is 2030. The van der Waals surface area contributed by atoms with Crippen LogP contribution in [0.15, 0.2) is 60.8 Å². The molecule has 3 aromatic heterocycles. The van der Waals surface area contributed by atoms with Crippen molar-refractivity contribution >= 4 is 59.8 Å². The molecule has 0 aliphatic carbocycles. The molecule has 2 heteroatoms. The number of aryl methyl sites for hydroxylation is 4. The number of aromatic nitrogens is 2. The summed E-state index contributed by atoms with van der Waals surface area (Å²) in [6, 6.07) is 21.0. The van der Waals surface area contributed by atoms with E-state index in [-0.39, 0.29) is 5.41 Å². The minimum Gasteiger partial charge on any atom is -0.307 e. The molecule has 4 aromatic carbocycles. The third kappa shape index (κ3) is 2.76. The van der Waals surface area contributed by atoms with Crippen LogP contribution in [0.1, 0.15) is 43.0 Å². The van der Waals surface area contributed by atoms with E-state index >= 15 is 0 Å². The average molecular weight is 470 g/mol. The van der Waals surface area contributed by atoms with Crippen LogP contribution >= 0.6 is 0 Å². The van der Waals surface area contributed by atoms with E-state index in [9.17, 15) is 0 Å². The monoisotopic (exact) mass is 469 g/mol. The molecule has 0 unspecified atom stereocenters. The molecule has 3 heterocycles. The molecule has 7 rings (SSSR count). The lowest BCUT2D eigenvalue weighted by atomic mass is 9.88. The van der Waals surface area contributed by atoms with Crippen LogP contribution in [0.3, 0.4) is 0 Å². The van der Waals surface area contributed by atoms with E-state index in [1.807, 2.05) is 0 Å². The van der Waals surface area contributed by atoms with Crippen LogP contribution in [-0.4, -0.2) is 4.40 Å². The lowest BCUT2D eigenvalue weighted by Gasteiger charge is -2.19. The standard InChI is InChI=1S/C34H33N2/c1-19-8-11-24-20(2)29-31(21(3)27(24)16-19)36-28-17-22(18-34(4,5)6)9-12-25(28)26-13-10-23-14-15-35(7)33(29)30(23)32(26)36/h8-17H,18H2,1-7H3/q+1. The average Bonchev–Trinajstić information content (AvgIpc) is 3.15. The van der Waals surface area contributed by atoms with E-state index in [0.717, 1.165) is 6.42 Å². The van der Waals surface area contributed by atoms with Gasteiger partial charge in [0.1, 0.15) is 7.05 Å². The van der Waals surface area contributed by atoms with Crippen LogP contribution < -0.4 is 4.57 Å². The maximum absolute atomic E-state index is 2.60.